The zero-order chi connectivity index (χ0) is 19.2. The van der Waals surface area contributed by atoms with Crippen LogP contribution in [0.4, 0.5) is 23.1 Å². The number of nitro groups is 1. The molecule has 0 amide bonds. The first kappa shape index (κ1) is 18.1. The van der Waals surface area contributed by atoms with E-state index in [1.54, 1.807) is 30.6 Å². The first-order valence-corrected chi connectivity index (χ1v) is 8.23. The van der Waals surface area contributed by atoms with Crippen LogP contribution in [0.2, 0.25) is 0 Å². The molecule has 0 spiro atoms. The fourth-order valence-electron chi connectivity index (χ4n) is 2.45. The largest absolute Gasteiger partial charge is 0.496 e. The van der Waals surface area contributed by atoms with Crippen LogP contribution < -0.4 is 15.4 Å². The van der Waals surface area contributed by atoms with Gasteiger partial charge in [0.1, 0.15) is 17.3 Å². The Morgan fingerprint density at radius 2 is 1.93 bits per heavy atom. The van der Waals surface area contributed by atoms with E-state index in [4.69, 9.17) is 4.74 Å². The first-order valence-electron chi connectivity index (χ1n) is 8.23. The molecule has 0 bridgehead atoms. The molecule has 0 radical (unpaired) electrons. The lowest BCUT2D eigenvalue weighted by atomic mass is 10.2. The Labute approximate surface area is 155 Å². The zero-order valence-corrected chi connectivity index (χ0v) is 14.8. The van der Waals surface area contributed by atoms with Gasteiger partial charge in [0, 0.05) is 30.6 Å². The van der Waals surface area contributed by atoms with Gasteiger partial charge in [-0.05, 0) is 31.2 Å². The topological polar surface area (TPSA) is 115 Å². The molecular formula is C18H18N6O3. The molecule has 9 nitrogen and oxygen atoms in total. The van der Waals surface area contributed by atoms with Gasteiger partial charge in [-0.1, -0.05) is 0 Å². The van der Waals surface area contributed by atoms with Crippen LogP contribution in [0.1, 0.15) is 6.92 Å². The van der Waals surface area contributed by atoms with Gasteiger partial charge in [-0.25, -0.2) is 4.98 Å². The number of hydrogen-bond donors (Lipinski definition) is 2. The van der Waals surface area contributed by atoms with Gasteiger partial charge in [0.2, 0.25) is 5.95 Å². The van der Waals surface area contributed by atoms with Gasteiger partial charge in [0.05, 0.1) is 23.8 Å². The van der Waals surface area contributed by atoms with Crippen LogP contribution in [-0.4, -0.2) is 33.5 Å². The van der Waals surface area contributed by atoms with Crippen molar-refractivity contribution in [2.45, 2.75) is 6.92 Å². The summed E-state index contributed by atoms with van der Waals surface area (Å²) in [5.74, 6) is 1.26. The minimum atomic E-state index is -0.471. The molecule has 138 valence electrons. The number of nitrogens with zero attached hydrogens (tertiary/aromatic N) is 4. The minimum Gasteiger partial charge on any atom is -0.496 e. The van der Waals surface area contributed by atoms with Crippen molar-refractivity contribution in [2.24, 2.45) is 0 Å². The van der Waals surface area contributed by atoms with Crippen LogP contribution in [0.15, 0.2) is 48.8 Å². The summed E-state index contributed by atoms with van der Waals surface area (Å²) in [7, 11) is 1.46. The van der Waals surface area contributed by atoms with E-state index in [-0.39, 0.29) is 5.69 Å². The second-order valence-electron chi connectivity index (χ2n) is 5.49. The Bertz CT molecular complexity index is 949. The third-order valence-electron chi connectivity index (χ3n) is 3.70. The molecule has 3 rings (SSSR count). The summed E-state index contributed by atoms with van der Waals surface area (Å²) < 4.78 is 5.06. The maximum Gasteiger partial charge on any atom is 0.296 e. The Morgan fingerprint density at radius 3 is 2.59 bits per heavy atom. The number of ether oxygens (including phenoxy) is 1. The molecule has 2 N–H and O–H groups in total. The predicted molar refractivity (Wildman–Crippen MR) is 102 cm³/mol. The molecule has 3 aromatic rings. The van der Waals surface area contributed by atoms with Crippen molar-refractivity contribution in [2.75, 3.05) is 24.3 Å². The summed E-state index contributed by atoms with van der Waals surface area (Å²) >= 11 is 0. The van der Waals surface area contributed by atoms with Crippen LogP contribution in [0, 0.1) is 10.1 Å². The van der Waals surface area contributed by atoms with Crippen LogP contribution >= 0.6 is 0 Å². The Kier molecular flexibility index (Phi) is 5.41. The molecule has 0 atom stereocenters. The van der Waals surface area contributed by atoms with Gasteiger partial charge in [-0.3, -0.25) is 15.1 Å². The van der Waals surface area contributed by atoms with Gasteiger partial charge in [0.15, 0.2) is 0 Å². The molecular weight excluding hydrogens is 348 g/mol. The summed E-state index contributed by atoms with van der Waals surface area (Å²) in [6, 6.07) is 9.97. The van der Waals surface area contributed by atoms with Gasteiger partial charge in [-0.2, -0.15) is 4.98 Å². The van der Waals surface area contributed by atoms with Crippen LogP contribution in [0.3, 0.4) is 0 Å². The van der Waals surface area contributed by atoms with Crippen LogP contribution in [0.25, 0.3) is 11.3 Å². The summed E-state index contributed by atoms with van der Waals surface area (Å²) in [5, 5.41) is 17.5. The minimum absolute atomic E-state index is 0.108. The predicted octanol–water partition coefficient (Wildman–Crippen LogP) is 3.63. The third kappa shape index (κ3) is 4.27. The van der Waals surface area contributed by atoms with Crippen molar-refractivity contribution in [3.63, 3.8) is 0 Å². The van der Waals surface area contributed by atoms with E-state index in [0.29, 0.717) is 35.4 Å². The molecule has 27 heavy (non-hydrogen) atoms. The highest BCUT2D eigenvalue weighted by atomic mass is 16.6. The maximum atomic E-state index is 11.4. The molecule has 0 saturated heterocycles. The standard InChI is InChI=1S/C18H18N6O3/c1-3-20-18-22-15(12-6-8-19-9-7-12)11-17(23-18)21-14-5-4-13(27-2)10-16(14)24(25)26/h4-11H,3H2,1-2H3,(H2,20,21,22,23). The monoisotopic (exact) mass is 366 g/mol. The van der Waals surface area contributed by atoms with E-state index in [2.05, 4.69) is 25.6 Å². The number of methoxy groups -OCH3 is 1. The summed E-state index contributed by atoms with van der Waals surface area (Å²) in [6.45, 7) is 2.58. The quantitative estimate of drug-likeness (QED) is 0.481. The van der Waals surface area contributed by atoms with E-state index in [1.165, 1.54) is 13.2 Å². The van der Waals surface area contributed by atoms with Crippen LogP contribution in [-0.2, 0) is 0 Å². The lowest BCUT2D eigenvalue weighted by Crippen LogP contribution is -2.06. The van der Waals surface area contributed by atoms with Gasteiger partial charge in [-0.15, -0.1) is 0 Å². The average Bonchev–Trinajstić information content (AvgIpc) is 2.69. The molecule has 2 aromatic heterocycles. The van der Waals surface area contributed by atoms with E-state index < -0.39 is 4.92 Å². The van der Waals surface area contributed by atoms with Crippen molar-refractivity contribution in [1.82, 2.24) is 15.0 Å². The maximum absolute atomic E-state index is 11.4. The molecule has 9 heteroatoms. The molecule has 0 aliphatic rings. The van der Waals surface area contributed by atoms with Crippen molar-refractivity contribution < 1.29 is 9.66 Å². The zero-order valence-electron chi connectivity index (χ0n) is 14.8. The smallest absolute Gasteiger partial charge is 0.296 e. The second kappa shape index (κ2) is 8.09. The van der Waals surface area contributed by atoms with E-state index in [0.717, 1.165) is 5.56 Å². The van der Waals surface area contributed by atoms with E-state index in [9.17, 15) is 10.1 Å². The van der Waals surface area contributed by atoms with Crippen molar-refractivity contribution in [1.29, 1.82) is 0 Å². The highest BCUT2D eigenvalue weighted by Gasteiger charge is 2.16. The number of aromatic nitrogens is 3. The van der Waals surface area contributed by atoms with Gasteiger partial charge < -0.3 is 15.4 Å². The van der Waals surface area contributed by atoms with Crippen molar-refractivity contribution >= 4 is 23.1 Å². The molecule has 0 aliphatic heterocycles. The highest BCUT2D eigenvalue weighted by molar-refractivity contribution is 5.72. The van der Waals surface area contributed by atoms with Crippen molar-refractivity contribution in [3.05, 3.63) is 58.9 Å². The fraction of sp³-hybridized carbons (Fsp3) is 0.167. The molecule has 2 heterocycles. The fourth-order valence-corrected chi connectivity index (χ4v) is 2.45. The van der Waals surface area contributed by atoms with Crippen LogP contribution in [0.5, 0.6) is 5.75 Å². The molecule has 0 saturated carbocycles. The lowest BCUT2D eigenvalue weighted by molar-refractivity contribution is -0.384. The number of nitro benzene ring substituents is 1. The molecule has 0 aliphatic carbocycles. The average molecular weight is 366 g/mol. The SMILES string of the molecule is CCNc1nc(Nc2ccc(OC)cc2[N+](=O)[O-])cc(-c2ccncc2)n1. The second-order valence-corrected chi connectivity index (χ2v) is 5.49. The summed E-state index contributed by atoms with van der Waals surface area (Å²) in [5.41, 5.74) is 1.73. The normalized spacial score (nSPS) is 10.3. The molecule has 0 fully saturated rings. The molecule has 0 unspecified atom stereocenters. The van der Waals surface area contributed by atoms with Gasteiger partial charge in [0.25, 0.3) is 5.69 Å². The molecule has 1 aromatic carbocycles. The number of rotatable bonds is 7. The van der Waals surface area contributed by atoms with Gasteiger partial charge >= 0.3 is 0 Å². The third-order valence-corrected chi connectivity index (χ3v) is 3.70. The van der Waals surface area contributed by atoms with E-state index >= 15 is 0 Å². The lowest BCUT2D eigenvalue weighted by Gasteiger charge is -2.11. The first-order chi connectivity index (χ1) is 13.1. The number of anilines is 3. The Balaban J connectivity index is 2.02. The van der Waals surface area contributed by atoms with E-state index in [1.807, 2.05) is 19.1 Å². The highest BCUT2D eigenvalue weighted by Crippen LogP contribution is 2.32. The number of pyridine rings is 1. The number of nitrogens with one attached hydrogen (secondary N) is 2. The summed E-state index contributed by atoms with van der Waals surface area (Å²) in [4.78, 5) is 23.8. The Hall–Kier alpha value is -3.75. The summed E-state index contributed by atoms with van der Waals surface area (Å²) in [6.07, 6.45) is 3.34. The number of hydrogen-bond acceptors (Lipinski definition) is 8. The number of benzene rings is 1. The Morgan fingerprint density at radius 1 is 1.15 bits per heavy atom. The van der Waals surface area contributed by atoms with Crippen molar-refractivity contribution in [3.8, 4) is 17.0 Å².